The summed E-state index contributed by atoms with van der Waals surface area (Å²) in [5, 5.41) is 5.48. The molecule has 2 N–H and O–H groups in total. The molecule has 2 atom stereocenters. The number of hydrogen-bond donors (Lipinski definition) is 2. The first-order valence-corrected chi connectivity index (χ1v) is 15.9. The van der Waals surface area contributed by atoms with Crippen molar-refractivity contribution in [3.05, 3.63) is 69.7 Å². The van der Waals surface area contributed by atoms with Gasteiger partial charge in [-0.05, 0) is 95.2 Å². The second-order valence-corrected chi connectivity index (χ2v) is 12.8. The molecule has 9 nitrogen and oxygen atoms in total. The second kappa shape index (κ2) is 18.4. The van der Waals surface area contributed by atoms with Crippen molar-refractivity contribution in [2.24, 2.45) is 5.92 Å². The van der Waals surface area contributed by atoms with Crippen molar-refractivity contribution < 1.29 is 37.4 Å². The zero-order valence-corrected chi connectivity index (χ0v) is 28.2. The van der Waals surface area contributed by atoms with Crippen LogP contribution in [0.2, 0.25) is 0 Å². The molecule has 45 heavy (non-hydrogen) atoms. The van der Waals surface area contributed by atoms with Gasteiger partial charge in [0.25, 0.3) is 5.91 Å². The average molecular weight is 697 g/mol. The molecule has 2 aromatic carbocycles. The van der Waals surface area contributed by atoms with Crippen LogP contribution in [0, 0.1) is 24.5 Å². The highest BCUT2D eigenvalue weighted by atomic mass is 79.9. The van der Waals surface area contributed by atoms with Crippen molar-refractivity contribution >= 4 is 39.9 Å². The third-order valence-electron chi connectivity index (χ3n) is 6.64. The number of carbonyl (C=O) groups is 4. The lowest BCUT2D eigenvalue weighted by Crippen LogP contribution is -2.40. The number of nitrogens with zero attached hydrogens (tertiary/aromatic N) is 1. The molecule has 4 amide bonds. The summed E-state index contributed by atoms with van der Waals surface area (Å²) in [6.07, 6.45) is 0.276. The largest absolute Gasteiger partial charge is 0.443 e. The Morgan fingerprint density at radius 3 is 2.31 bits per heavy atom. The molecular formula is C33H44BrF2N3O6. The maximum absolute atomic E-state index is 14.0. The molecule has 1 unspecified atom stereocenters. The fourth-order valence-corrected chi connectivity index (χ4v) is 4.70. The maximum atomic E-state index is 14.0. The minimum Gasteiger partial charge on any atom is -0.443 e. The predicted octanol–water partition coefficient (Wildman–Crippen LogP) is 6.84. The zero-order valence-electron chi connectivity index (χ0n) is 26.6. The van der Waals surface area contributed by atoms with E-state index in [-0.39, 0.29) is 36.8 Å². The Labute approximate surface area is 272 Å². The predicted molar refractivity (Wildman–Crippen MR) is 170 cm³/mol. The topological polar surface area (TPSA) is 114 Å². The van der Waals surface area contributed by atoms with Crippen LogP contribution in [0.25, 0.3) is 0 Å². The minimum absolute atomic E-state index is 0.102. The van der Waals surface area contributed by atoms with E-state index >= 15 is 0 Å². The Morgan fingerprint density at radius 1 is 1.07 bits per heavy atom. The Morgan fingerprint density at radius 2 is 1.71 bits per heavy atom. The molecule has 12 heteroatoms. The Hall–Kier alpha value is -3.54. The Bertz CT molecular complexity index is 1270. The van der Waals surface area contributed by atoms with Crippen LogP contribution in [0.3, 0.4) is 0 Å². The fourth-order valence-electron chi connectivity index (χ4n) is 4.43. The molecule has 1 fully saturated rings. The number of unbranched alkanes of at least 4 members (excludes halogenated alkanes) is 1. The van der Waals surface area contributed by atoms with Crippen molar-refractivity contribution in [3.8, 4) is 0 Å². The first-order chi connectivity index (χ1) is 21.2. The molecule has 0 aliphatic carbocycles. The van der Waals surface area contributed by atoms with E-state index in [1.54, 1.807) is 20.8 Å². The number of imide groups is 1. The number of nitrogens with one attached hydrogen (secondary N) is 2. The van der Waals surface area contributed by atoms with Gasteiger partial charge >= 0.3 is 12.2 Å². The van der Waals surface area contributed by atoms with Crippen LogP contribution in [-0.4, -0.2) is 60.2 Å². The molecule has 0 saturated carbocycles. The van der Waals surface area contributed by atoms with Gasteiger partial charge in [-0.1, -0.05) is 47.0 Å². The number of hydrogen-bond acceptors (Lipinski definition) is 6. The normalized spacial score (nSPS) is 15.0. The van der Waals surface area contributed by atoms with Gasteiger partial charge < -0.3 is 20.1 Å². The molecular weight excluding hydrogens is 652 g/mol. The number of carbonyl (C=O) groups excluding carboxylic acids is 4. The molecule has 2 aromatic rings. The van der Waals surface area contributed by atoms with Gasteiger partial charge in [-0.3, -0.25) is 9.59 Å². The van der Waals surface area contributed by atoms with Gasteiger partial charge in [0.05, 0.1) is 6.54 Å². The second-order valence-electron chi connectivity index (χ2n) is 11.9. The van der Waals surface area contributed by atoms with E-state index in [0.717, 1.165) is 27.9 Å². The summed E-state index contributed by atoms with van der Waals surface area (Å²) < 4.78 is 38.7. The maximum Gasteiger partial charge on any atom is 0.420 e. The molecule has 0 spiro atoms. The summed E-state index contributed by atoms with van der Waals surface area (Å²) in [6, 6.07) is 11.6. The van der Waals surface area contributed by atoms with Crippen LogP contribution in [0.5, 0.6) is 0 Å². The molecule has 248 valence electrons. The van der Waals surface area contributed by atoms with Crippen molar-refractivity contribution in [3.63, 3.8) is 0 Å². The number of ether oxygens (including phenoxy) is 2. The Kier molecular flexibility index (Phi) is 15.4. The van der Waals surface area contributed by atoms with Crippen molar-refractivity contribution in [1.29, 1.82) is 0 Å². The number of cyclic esters (lactones) is 1. The van der Waals surface area contributed by atoms with Crippen LogP contribution in [0.4, 0.5) is 18.4 Å². The summed E-state index contributed by atoms with van der Waals surface area (Å²) in [5.41, 5.74) is 0.779. The van der Waals surface area contributed by atoms with Gasteiger partial charge in [-0.15, -0.1) is 0 Å². The van der Waals surface area contributed by atoms with Gasteiger partial charge in [0, 0.05) is 24.0 Å². The molecule has 1 heterocycles. The van der Waals surface area contributed by atoms with Crippen molar-refractivity contribution in [2.45, 2.75) is 84.8 Å². The highest BCUT2D eigenvalue weighted by molar-refractivity contribution is 9.10. The van der Waals surface area contributed by atoms with Crippen LogP contribution in [-0.2, 0) is 25.5 Å². The SMILES string of the molecule is CCCC(CC(=O)NCCCCNC(=O)[C@@H]1CN(C(=O)OC(C)(C)C)C(=O)O1)Cc1cc(F)ccc1F.Cc1ccc(Br)cc1. The molecule has 3 rings (SSSR count). The van der Waals surface area contributed by atoms with Crippen LogP contribution < -0.4 is 10.6 Å². The van der Waals surface area contributed by atoms with Gasteiger partial charge in [-0.25, -0.2) is 23.3 Å². The zero-order chi connectivity index (χ0) is 33.6. The van der Waals surface area contributed by atoms with E-state index in [2.05, 4.69) is 45.6 Å². The van der Waals surface area contributed by atoms with Gasteiger partial charge in [0.1, 0.15) is 17.2 Å². The van der Waals surface area contributed by atoms with Crippen molar-refractivity contribution in [1.82, 2.24) is 15.5 Å². The highest BCUT2D eigenvalue weighted by Gasteiger charge is 2.41. The summed E-state index contributed by atoms with van der Waals surface area (Å²) in [7, 11) is 0. The van der Waals surface area contributed by atoms with Gasteiger partial charge in [0.15, 0.2) is 6.10 Å². The quantitative estimate of drug-likeness (QED) is 0.235. The molecule has 0 aromatic heterocycles. The lowest BCUT2D eigenvalue weighted by atomic mass is 9.91. The summed E-state index contributed by atoms with van der Waals surface area (Å²) in [5.74, 6) is -1.77. The van der Waals surface area contributed by atoms with Crippen molar-refractivity contribution in [2.75, 3.05) is 19.6 Å². The molecule has 1 aliphatic rings. The van der Waals surface area contributed by atoms with Gasteiger partial charge in [0.2, 0.25) is 5.91 Å². The van der Waals surface area contributed by atoms with Crippen LogP contribution >= 0.6 is 15.9 Å². The molecule has 0 bridgehead atoms. The number of amides is 4. The minimum atomic E-state index is -1.11. The van der Waals surface area contributed by atoms with E-state index in [1.807, 2.05) is 19.1 Å². The van der Waals surface area contributed by atoms with E-state index in [4.69, 9.17) is 9.47 Å². The highest BCUT2D eigenvalue weighted by Crippen LogP contribution is 2.21. The van der Waals surface area contributed by atoms with Crippen LogP contribution in [0.1, 0.15) is 70.9 Å². The summed E-state index contributed by atoms with van der Waals surface area (Å²) >= 11 is 3.35. The number of rotatable bonds is 12. The van der Waals surface area contributed by atoms with Gasteiger partial charge in [-0.2, -0.15) is 0 Å². The fraction of sp³-hybridized carbons (Fsp3) is 0.515. The van der Waals surface area contributed by atoms with Crippen LogP contribution in [0.15, 0.2) is 46.9 Å². The number of benzene rings is 2. The lowest BCUT2D eigenvalue weighted by Gasteiger charge is -2.22. The number of aryl methyl sites for hydroxylation is 1. The third-order valence-corrected chi connectivity index (χ3v) is 7.17. The monoisotopic (exact) mass is 695 g/mol. The first kappa shape index (κ1) is 37.6. The molecule has 1 aliphatic heterocycles. The summed E-state index contributed by atoms with van der Waals surface area (Å²) in [4.78, 5) is 49.3. The van der Waals surface area contributed by atoms with E-state index in [1.165, 1.54) is 11.6 Å². The van der Waals surface area contributed by atoms with E-state index in [0.29, 0.717) is 32.4 Å². The van der Waals surface area contributed by atoms with E-state index in [9.17, 15) is 28.0 Å². The first-order valence-electron chi connectivity index (χ1n) is 15.1. The number of halogens is 3. The molecule has 0 radical (unpaired) electrons. The third kappa shape index (κ3) is 14.4. The Balaban J connectivity index is 0.000000761. The standard InChI is InChI=1S/C26H37F2N3O6.C7H7Br/c1-5-8-17(13-18-15-19(27)9-10-20(18)28)14-22(32)29-11-6-7-12-30-23(33)21-16-31(24(34)36-21)25(35)37-26(2,3)4;1-6-2-4-7(8)5-3-6/h9-10,15,17,21H,5-8,11-14,16H2,1-4H3,(H,29,32)(H,30,33);2-5H,1H3/t17?,21-;/m0./s1. The average Bonchev–Trinajstić information content (AvgIpc) is 3.35. The lowest BCUT2D eigenvalue weighted by molar-refractivity contribution is -0.127. The smallest absolute Gasteiger partial charge is 0.420 e. The summed E-state index contributed by atoms with van der Waals surface area (Å²) in [6.45, 7) is 9.51. The molecule has 1 saturated heterocycles. The van der Waals surface area contributed by atoms with E-state index < -0.39 is 41.4 Å².